The predicted molar refractivity (Wildman–Crippen MR) is 163 cm³/mol. The fraction of sp³-hybridized carbons (Fsp3) is 0.355. The van der Waals surface area contributed by atoms with Crippen molar-refractivity contribution in [1.29, 1.82) is 0 Å². The molecule has 220 valence electrons. The van der Waals surface area contributed by atoms with Gasteiger partial charge in [0.25, 0.3) is 10.0 Å². The molecule has 2 amide bonds. The number of carbonyl (C=O) groups is 2. The molecule has 10 heteroatoms. The lowest BCUT2D eigenvalue weighted by Gasteiger charge is -2.34. The van der Waals surface area contributed by atoms with Crippen LogP contribution < -0.4 is 14.4 Å². The van der Waals surface area contributed by atoms with Crippen LogP contribution in [0.25, 0.3) is 0 Å². The van der Waals surface area contributed by atoms with Crippen molar-refractivity contribution < 1.29 is 22.7 Å². The van der Waals surface area contributed by atoms with E-state index >= 15 is 0 Å². The molecule has 0 saturated heterocycles. The van der Waals surface area contributed by atoms with E-state index in [9.17, 15) is 18.0 Å². The Balaban J connectivity index is 2.13. The quantitative estimate of drug-likeness (QED) is 0.297. The molecule has 0 aliphatic carbocycles. The lowest BCUT2D eigenvalue weighted by Crippen LogP contribution is -2.53. The molecule has 0 heterocycles. The van der Waals surface area contributed by atoms with E-state index in [1.54, 1.807) is 54.6 Å². The van der Waals surface area contributed by atoms with Crippen LogP contribution in [-0.2, 0) is 26.2 Å². The normalized spacial score (nSPS) is 12.1. The zero-order chi connectivity index (χ0) is 30.3. The smallest absolute Gasteiger partial charge is 0.264 e. The van der Waals surface area contributed by atoms with Crippen molar-refractivity contribution in [2.24, 2.45) is 0 Å². The van der Waals surface area contributed by atoms with Gasteiger partial charge in [0.2, 0.25) is 11.8 Å². The van der Waals surface area contributed by atoms with Crippen LogP contribution in [0.5, 0.6) is 5.75 Å². The van der Waals surface area contributed by atoms with Gasteiger partial charge in [-0.3, -0.25) is 13.9 Å². The summed E-state index contributed by atoms with van der Waals surface area (Å²) in [6, 6.07) is 17.6. The Bertz CT molecular complexity index is 1460. The Labute approximate surface area is 248 Å². The Hall–Kier alpha value is -3.56. The average Bonchev–Trinajstić information content (AvgIpc) is 2.92. The van der Waals surface area contributed by atoms with Gasteiger partial charge in [0.05, 0.1) is 17.7 Å². The van der Waals surface area contributed by atoms with Crippen molar-refractivity contribution in [2.45, 2.75) is 64.6 Å². The zero-order valence-corrected chi connectivity index (χ0v) is 25.9. The van der Waals surface area contributed by atoms with Gasteiger partial charge in [0.1, 0.15) is 18.3 Å². The minimum atomic E-state index is -4.21. The van der Waals surface area contributed by atoms with E-state index in [-0.39, 0.29) is 29.1 Å². The highest BCUT2D eigenvalue weighted by Gasteiger charge is 2.35. The van der Waals surface area contributed by atoms with Crippen molar-refractivity contribution in [3.63, 3.8) is 0 Å². The molecular formula is C31H38ClN3O5S. The lowest BCUT2D eigenvalue weighted by molar-refractivity contribution is -0.140. The second kappa shape index (κ2) is 13.9. The molecule has 0 aliphatic rings. The highest BCUT2D eigenvalue weighted by atomic mass is 35.5. The molecule has 1 unspecified atom stereocenters. The Morgan fingerprint density at radius 3 is 2.12 bits per heavy atom. The van der Waals surface area contributed by atoms with Crippen LogP contribution in [0.1, 0.15) is 43.9 Å². The maximum atomic E-state index is 14.2. The maximum Gasteiger partial charge on any atom is 0.264 e. The van der Waals surface area contributed by atoms with Gasteiger partial charge in [-0.2, -0.15) is 0 Å². The van der Waals surface area contributed by atoms with Crippen molar-refractivity contribution >= 4 is 39.1 Å². The summed E-state index contributed by atoms with van der Waals surface area (Å²) in [5.41, 5.74) is 2.67. The molecule has 8 nitrogen and oxygen atoms in total. The third-order valence-electron chi connectivity index (χ3n) is 6.57. The van der Waals surface area contributed by atoms with Crippen LogP contribution in [0.3, 0.4) is 0 Å². The van der Waals surface area contributed by atoms with Gasteiger partial charge in [0, 0.05) is 17.6 Å². The topological polar surface area (TPSA) is 96.0 Å². The first-order valence-corrected chi connectivity index (χ1v) is 15.3. The van der Waals surface area contributed by atoms with Gasteiger partial charge in [0.15, 0.2) is 0 Å². The zero-order valence-electron chi connectivity index (χ0n) is 24.3. The number of halogens is 1. The SMILES string of the molecule is CCC(C(=O)NC(C)C)N(Cc1ccc(Cl)cc1)C(=O)CN(c1cc(C)ccc1OC)S(=O)(=O)c1ccc(C)cc1. The molecule has 0 saturated carbocycles. The highest BCUT2D eigenvalue weighted by Crippen LogP contribution is 2.34. The van der Waals surface area contributed by atoms with E-state index in [0.29, 0.717) is 17.2 Å². The molecule has 41 heavy (non-hydrogen) atoms. The molecule has 3 aromatic carbocycles. The number of benzene rings is 3. The van der Waals surface area contributed by atoms with E-state index in [1.807, 2.05) is 34.6 Å². The molecule has 0 radical (unpaired) electrons. The van der Waals surface area contributed by atoms with Crippen LogP contribution >= 0.6 is 11.6 Å². The number of aryl methyl sites for hydroxylation is 2. The first kappa shape index (κ1) is 32.0. The summed E-state index contributed by atoms with van der Waals surface area (Å²) in [7, 11) is -2.76. The molecule has 1 atom stereocenters. The highest BCUT2D eigenvalue weighted by molar-refractivity contribution is 7.92. The summed E-state index contributed by atoms with van der Waals surface area (Å²) in [5.74, 6) is -0.552. The van der Waals surface area contributed by atoms with E-state index in [1.165, 1.54) is 24.1 Å². The first-order chi connectivity index (χ1) is 19.4. The number of hydrogen-bond donors (Lipinski definition) is 1. The number of amides is 2. The first-order valence-electron chi connectivity index (χ1n) is 13.5. The number of carbonyl (C=O) groups excluding carboxylic acids is 2. The summed E-state index contributed by atoms with van der Waals surface area (Å²) < 4.78 is 34.8. The molecule has 3 aromatic rings. The van der Waals surface area contributed by atoms with Crippen LogP contribution in [0.15, 0.2) is 71.6 Å². The van der Waals surface area contributed by atoms with E-state index in [2.05, 4.69) is 5.32 Å². The Morgan fingerprint density at radius 2 is 1.56 bits per heavy atom. The minimum absolute atomic E-state index is 0.0355. The third-order valence-corrected chi connectivity index (χ3v) is 8.60. The fourth-order valence-electron chi connectivity index (χ4n) is 4.43. The number of nitrogens with one attached hydrogen (secondary N) is 1. The van der Waals surface area contributed by atoms with E-state index in [4.69, 9.17) is 16.3 Å². The molecule has 3 rings (SSSR count). The summed E-state index contributed by atoms with van der Waals surface area (Å²) in [5, 5.41) is 3.43. The number of nitrogens with zero attached hydrogens (tertiary/aromatic N) is 2. The van der Waals surface area contributed by atoms with Crippen LogP contribution in [0, 0.1) is 13.8 Å². The van der Waals surface area contributed by atoms with Gasteiger partial charge >= 0.3 is 0 Å². The van der Waals surface area contributed by atoms with Gasteiger partial charge < -0.3 is 15.0 Å². The molecule has 0 bridgehead atoms. The number of sulfonamides is 1. The third kappa shape index (κ3) is 8.01. The number of rotatable bonds is 12. The largest absolute Gasteiger partial charge is 0.495 e. The van der Waals surface area contributed by atoms with Crippen LogP contribution in [0.4, 0.5) is 5.69 Å². The van der Waals surface area contributed by atoms with Crippen LogP contribution in [-0.4, -0.2) is 50.9 Å². The molecular weight excluding hydrogens is 562 g/mol. The summed E-state index contributed by atoms with van der Waals surface area (Å²) in [4.78, 5) is 28.9. The molecule has 0 fully saturated rings. The van der Waals surface area contributed by atoms with Gasteiger partial charge in [-0.25, -0.2) is 8.42 Å². The van der Waals surface area contributed by atoms with Crippen molar-refractivity contribution in [3.05, 3.63) is 88.4 Å². The van der Waals surface area contributed by atoms with Crippen molar-refractivity contribution in [3.8, 4) is 5.75 Å². The molecule has 0 aliphatic heterocycles. The number of anilines is 1. The second-order valence-corrected chi connectivity index (χ2v) is 12.5. The van der Waals surface area contributed by atoms with Crippen molar-refractivity contribution in [2.75, 3.05) is 18.0 Å². The molecule has 0 spiro atoms. The summed E-state index contributed by atoms with van der Waals surface area (Å²) in [6.07, 6.45) is 0.330. The van der Waals surface area contributed by atoms with E-state index < -0.39 is 28.5 Å². The average molecular weight is 600 g/mol. The Kier molecular flexibility index (Phi) is 10.8. The van der Waals surface area contributed by atoms with Crippen LogP contribution in [0.2, 0.25) is 5.02 Å². The Morgan fingerprint density at radius 1 is 0.951 bits per heavy atom. The number of methoxy groups -OCH3 is 1. The monoisotopic (exact) mass is 599 g/mol. The fourth-order valence-corrected chi connectivity index (χ4v) is 5.97. The standard InChI is InChI=1S/C31H38ClN3O5S/c1-7-27(31(37)33-21(2)3)34(19-24-11-13-25(32)14-12-24)30(36)20-35(28-18-23(5)10-17-29(28)40-6)41(38,39)26-15-8-22(4)9-16-26/h8-18,21,27H,7,19-20H2,1-6H3,(H,33,37). The summed E-state index contributed by atoms with van der Waals surface area (Å²) >= 11 is 6.07. The molecule has 1 N–H and O–H groups in total. The van der Waals surface area contributed by atoms with Gasteiger partial charge in [-0.05, 0) is 81.6 Å². The number of hydrogen-bond acceptors (Lipinski definition) is 5. The maximum absolute atomic E-state index is 14.2. The number of ether oxygens (including phenoxy) is 1. The minimum Gasteiger partial charge on any atom is -0.495 e. The van der Waals surface area contributed by atoms with Gasteiger partial charge in [-0.15, -0.1) is 0 Å². The lowest BCUT2D eigenvalue weighted by atomic mass is 10.1. The van der Waals surface area contributed by atoms with Gasteiger partial charge in [-0.1, -0.05) is 54.4 Å². The molecule has 0 aromatic heterocycles. The second-order valence-electron chi connectivity index (χ2n) is 10.2. The predicted octanol–water partition coefficient (Wildman–Crippen LogP) is 5.49. The van der Waals surface area contributed by atoms with E-state index in [0.717, 1.165) is 21.0 Å². The van der Waals surface area contributed by atoms with Crippen molar-refractivity contribution in [1.82, 2.24) is 10.2 Å². The summed E-state index contributed by atoms with van der Waals surface area (Å²) in [6.45, 7) is 8.74.